The summed E-state index contributed by atoms with van der Waals surface area (Å²) >= 11 is 0. The van der Waals surface area contributed by atoms with Gasteiger partial charge < -0.3 is 10.4 Å². The number of sulfonamides is 1. The monoisotopic (exact) mass is 312 g/mol. The number of nitrogens with one attached hydrogen (secondary N) is 2. The van der Waals surface area contributed by atoms with Crippen LogP contribution in [0.5, 0.6) is 0 Å². The second-order valence-corrected chi connectivity index (χ2v) is 7.09. The second kappa shape index (κ2) is 6.00. The van der Waals surface area contributed by atoms with Crippen LogP contribution in [0.2, 0.25) is 0 Å². The number of aliphatic imine (C=N–C) groups is 1. The zero-order valence-electron chi connectivity index (χ0n) is 12.1. The normalized spacial score (nSPS) is 17.0. The molecule has 0 atom stereocenters. The standard InChI is InChI=1S/C13H20N4O3S/c1-13(2,8-18)17-9-14-12(15-10-17)16-21(19,20)11-6-4-3-5-7-11/h3-7,18H,8-10H2,1-2H3,(H2,14,15,16). The quantitative estimate of drug-likeness (QED) is 0.722. The predicted molar refractivity (Wildman–Crippen MR) is 80.1 cm³/mol. The Morgan fingerprint density at radius 3 is 2.57 bits per heavy atom. The molecule has 8 heteroatoms. The fourth-order valence-corrected chi connectivity index (χ4v) is 2.82. The topological polar surface area (TPSA) is 94.0 Å². The Labute approximate surface area is 124 Å². The van der Waals surface area contributed by atoms with E-state index in [1.54, 1.807) is 18.2 Å². The number of aliphatic hydroxyl groups excluding tert-OH is 1. The molecule has 2 rings (SSSR count). The first-order chi connectivity index (χ1) is 9.85. The van der Waals surface area contributed by atoms with Gasteiger partial charge in [-0.3, -0.25) is 4.90 Å². The molecule has 0 radical (unpaired) electrons. The third-order valence-corrected chi connectivity index (χ3v) is 4.72. The van der Waals surface area contributed by atoms with Crippen LogP contribution in [0.3, 0.4) is 0 Å². The van der Waals surface area contributed by atoms with Gasteiger partial charge in [0.1, 0.15) is 0 Å². The molecule has 21 heavy (non-hydrogen) atoms. The fraction of sp³-hybridized carbons (Fsp3) is 0.462. The third-order valence-electron chi connectivity index (χ3n) is 3.36. The van der Waals surface area contributed by atoms with Gasteiger partial charge in [0.15, 0.2) is 0 Å². The molecule has 0 bridgehead atoms. The van der Waals surface area contributed by atoms with E-state index in [4.69, 9.17) is 0 Å². The molecule has 0 spiro atoms. The molecule has 1 aromatic carbocycles. The fourth-order valence-electron chi connectivity index (χ4n) is 1.79. The first-order valence-electron chi connectivity index (χ1n) is 6.57. The molecular formula is C13H20N4O3S. The minimum atomic E-state index is -3.63. The first kappa shape index (κ1) is 15.7. The van der Waals surface area contributed by atoms with Crippen molar-refractivity contribution in [1.82, 2.24) is 14.9 Å². The molecule has 0 unspecified atom stereocenters. The molecule has 1 aromatic rings. The molecule has 0 amide bonds. The van der Waals surface area contributed by atoms with Crippen molar-refractivity contribution in [3.63, 3.8) is 0 Å². The zero-order chi connectivity index (χ0) is 15.5. The van der Waals surface area contributed by atoms with Crippen molar-refractivity contribution in [3.8, 4) is 0 Å². The van der Waals surface area contributed by atoms with Crippen LogP contribution in [0.25, 0.3) is 0 Å². The summed E-state index contributed by atoms with van der Waals surface area (Å²) in [6, 6.07) is 8.12. The van der Waals surface area contributed by atoms with Crippen LogP contribution in [0.1, 0.15) is 13.8 Å². The summed E-state index contributed by atoms with van der Waals surface area (Å²) in [5, 5.41) is 12.2. The van der Waals surface area contributed by atoms with Gasteiger partial charge in [0.2, 0.25) is 5.96 Å². The number of rotatable bonds is 4. The molecule has 7 nitrogen and oxygen atoms in total. The largest absolute Gasteiger partial charge is 0.394 e. The van der Waals surface area contributed by atoms with Gasteiger partial charge in [-0.15, -0.1) is 0 Å². The molecule has 3 N–H and O–H groups in total. The molecule has 0 saturated carbocycles. The first-order valence-corrected chi connectivity index (χ1v) is 8.05. The van der Waals surface area contributed by atoms with E-state index in [0.29, 0.717) is 13.3 Å². The summed E-state index contributed by atoms with van der Waals surface area (Å²) in [4.78, 5) is 6.26. The average molecular weight is 312 g/mol. The Balaban J connectivity index is 2.06. The molecule has 0 aliphatic carbocycles. The van der Waals surface area contributed by atoms with E-state index in [1.807, 2.05) is 18.7 Å². The summed E-state index contributed by atoms with van der Waals surface area (Å²) in [5.41, 5.74) is -0.416. The van der Waals surface area contributed by atoms with Crippen LogP contribution in [-0.4, -0.2) is 49.9 Å². The maximum absolute atomic E-state index is 12.1. The molecule has 1 heterocycles. The Morgan fingerprint density at radius 1 is 1.38 bits per heavy atom. The van der Waals surface area contributed by atoms with E-state index in [1.165, 1.54) is 12.1 Å². The van der Waals surface area contributed by atoms with E-state index in [0.717, 1.165) is 0 Å². The summed E-state index contributed by atoms with van der Waals surface area (Å²) in [6.45, 7) is 4.50. The van der Waals surface area contributed by atoms with Gasteiger partial charge in [0.25, 0.3) is 10.0 Å². The van der Waals surface area contributed by atoms with Crippen molar-refractivity contribution in [2.75, 3.05) is 19.9 Å². The summed E-state index contributed by atoms with van der Waals surface area (Å²) < 4.78 is 26.7. The third kappa shape index (κ3) is 3.72. The minimum Gasteiger partial charge on any atom is -0.394 e. The Morgan fingerprint density at radius 2 is 2.05 bits per heavy atom. The minimum absolute atomic E-state index is 0.00469. The number of benzene rings is 1. The van der Waals surface area contributed by atoms with Crippen LogP contribution in [0, 0.1) is 0 Å². The number of hydrogen-bond donors (Lipinski definition) is 3. The van der Waals surface area contributed by atoms with Gasteiger partial charge >= 0.3 is 0 Å². The highest BCUT2D eigenvalue weighted by Gasteiger charge is 2.28. The van der Waals surface area contributed by atoms with Gasteiger partial charge in [-0.25, -0.2) is 18.1 Å². The Bertz CT molecular complexity index is 614. The van der Waals surface area contributed by atoms with Gasteiger partial charge in [0.05, 0.1) is 24.8 Å². The number of hydrogen-bond acceptors (Lipinski definition) is 6. The van der Waals surface area contributed by atoms with E-state index in [9.17, 15) is 13.5 Å². The van der Waals surface area contributed by atoms with Crippen molar-refractivity contribution < 1.29 is 13.5 Å². The van der Waals surface area contributed by atoms with Gasteiger partial charge in [-0.05, 0) is 26.0 Å². The average Bonchev–Trinajstić information content (AvgIpc) is 2.48. The highest BCUT2D eigenvalue weighted by molar-refractivity contribution is 7.90. The van der Waals surface area contributed by atoms with Crippen molar-refractivity contribution in [1.29, 1.82) is 0 Å². The number of aliphatic hydroxyl groups is 1. The Kier molecular flexibility index (Phi) is 4.50. The maximum atomic E-state index is 12.1. The lowest BCUT2D eigenvalue weighted by Crippen LogP contribution is -2.57. The van der Waals surface area contributed by atoms with Gasteiger partial charge in [-0.1, -0.05) is 18.2 Å². The number of nitrogens with zero attached hydrogens (tertiary/aromatic N) is 2. The molecule has 0 saturated heterocycles. The van der Waals surface area contributed by atoms with E-state index in [-0.39, 0.29) is 17.5 Å². The van der Waals surface area contributed by atoms with E-state index in [2.05, 4.69) is 15.0 Å². The lowest BCUT2D eigenvalue weighted by Gasteiger charge is -2.38. The van der Waals surface area contributed by atoms with Crippen LogP contribution < -0.4 is 10.0 Å². The molecular weight excluding hydrogens is 292 g/mol. The van der Waals surface area contributed by atoms with E-state index < -0.39 is 15.6 Å². The van der Waals surface area contributed by atoms with Crippen LogP contribution in [-0.2, 0) is 10.0 Å². The predicted octanol–water partition coefficient (Wildman–Crippen LogP) is -0.0880. The molecule has 1 aliphatic rings. The summed E-state index contributed by atoms with van der Waals surface area (Å²) in [5.74, 6) is 0.212. The maximum Gasteiger partial charge on any atom is 0.264 e. The second-order valence-electron chi connectivity index (χ2n) is 5.41. The van der Waals surface area contributed by atoms with Crippen molar-refractivity contribution in [2.24, 2.45) is 4.99 Å². The Hall–Kier alpha value is -1.64. The lowest BCUT2D eigenvalue weighted by atomic mass is 10.1. The van der Waals surface area contributed by atoms with Crippen molar-refractivity contribution in [2.45, 2.75) is 24.3 Å². The van der Waals surface area contributed by atoms with Crippen molar-refractivity contribution in [3.05, 3.63) is 30.3 Å². The summed E-state index contributed by atoms with van der Waals surface area (Å²) in [6.07, 6.45) is 0. The molecule has 0 aromatic heterocycles. The van der Waals surface area contributed by atoms with Crippen molar-refractivity contribution >= 4 is 16.0 Å². The highest BCUT2D eigenvalue weighted by atomic mass is 32.2. The van der Waals surface area contributed by atoms with Gasteiger partial charge in [0, 0.05) is 5.54 Å². The SMILES string of the molecule is CC(C)(CO)N1CN=C(NS(=O)(=O)c2ccccc2)NC1. The summed E-state index contributed by atoms with van der Waals surface area (Å²) in [7, 11) is -3.63. The highest BCUT2D eigenvalue weighted by Crippen LogP contribution is 2.14. The number of guanidine groups is 1. The lowest BCUT2D eigenvalue weighted by molar-refractivity contribution is 0.0528. The molecule has 0 fully saturated rings. The van der Waals surface area contributed by atoms with Gasteiger partial charge in [-0.2, -0.15) is 0 Å². The van der Waals surface area contributed by atoms with Crippen LogP contribution in [0.4, 0.5) is 0 Å². The zero-order valence-corrected chi connectivity index (χ0v) is 12.9. The molecule has 1 aliphatic heterocycles. The molecule has 116 valence electrons. The van der Waals surface area contributed by atoms with E-state index >= 15 is 0 Å². The smallest absolute Gasteiger partial charge is 0.264 e. The van der Waals surface area contributed by atoms with Crippen LogP contribution >= 0.6 is 0 Å². The van der Waals surface area contributed by atoms with Crippen LogP contribution in [0.15, 0.2) is 40.2 Å².